The van der Waals surface area contributed by atoms with Gasteiger partial charge in [-0.25, -0.2) is 9.97 Å². The summed E-state index contributed by atoms with van der Waals surface area (Å²) in [7, 11) is 1.63. The Labute approximate surface area is 108 Å². The number of methoxy groups -OCH3 is 1. The zero-order chi connectivity index (χ0) is 13.0. The zero-order valence-corrected chi connectivity index (χ0v) is 11.3. The van der Waals surface area contributed by atoms with Crippen LogP contribution in [0.25, 0.3) is 0 Å². The van der Waals surface area contributed by atoms with Gasteiger partial charge in [-0.2, -0.15) is 0 Å². The van der Waals surface area contributed by atoms with Gasteiger partial charge in [0.2, 0.25) is 5.88 Å². The maximum Gasteiger partial charge on any atom is 0.221 e. The van der Waals surface area contributed by atoms with Gasteiger partial charge in [0, 0.05) is 19.3 Å². The maximum atomic E-state index is 5.39. The van der Waals surface area contributed by atoms with E-state index in [9.17, 15) is 0 Å². The lowest BCUT2D eigenvalue weighted by Crippen LogP contribution is -2.31. The van der Waals surface area contributed by atoms with Crippen LogP contribution in [0.3, 0.4) is 0 Å². The highest BCUT2D eigenvalue weighted by Crippen LogP contribution is 2.25. The molecule has 1 aromatic heterocycles. The number of rotatable bonds is 4. The third-order valence-electron chi connectivity index (χ3n) is 3.57. The Bertz CT molecular complexity index is 392. The fourth-order valence-corrected chi connectivity index (χ4v) is 2.33. The summed E-state index contributed by atoms with van der Waals surface area (Å²) in [5.41, 5.74) is 0.957. The first kappa shape index (κ1) is 13.1. The molecule has 0 saturated carbocycles. The summed E-state index contributed by atoms with van der Waals surface area (Å²) in [4.78, 5) is 8.37. The number of anilines is 1. The lowest BCUT2D eigenvalue weighted by molar-refractivity contribution is 0.0622. The van der Waals surface area contributed by atoms with Crippen LogP contribution in [0.4, 0.5) is 5.82 Å². The number of aromatic nitrogens is 2. The van der Waals surface area contributed by atoms with Gasteiger partial charge in [0.25, 0.3) is 0 Å². The van der Waals surface area contributed by atoms with Crippen molar-refractivity contribution in [1.29, 1.82) is 0 Å². The third kappa shape index (κ3) is 2.90. The fourth-order valence-electron chi connectivity index (χ4n) is 2.33. The van der Waals surface area contributed by atoms with Crippen molar-refractivity contribution in [2.45, 2.75) is 32.7 Å². The van der Waals surface area contributed by atoms with Crippen molar-refractivity contribution in [3.63, 3.8) is 0 Å². The molecular weight excluding hydrogens is 230 g/mol. The van der Waals surface area contributed by atoms with Gasteiger partial charge in [-0.1, -0.05) is 0 Å². The van der Waals surface area contributed by atoms with E-state index in [4.69, 9.17) is 9.47 Å². The second-order valence-corrected chi connectivity index (χ2v) is 4.74. The Hall–Kier alpha value is -1.36. The summed E-state index contributed by atoms with van der Waals surface area (Å²) in [6.07, 6.45) is 3.75. The Morgan fingerprint density at radius 1 is 1.39 bits per heavy atom. The van der Waals surface area contributed by atoms with E-state index < -0.39 is 0 Å². The Morgan fingerprint density at radius 3 is 2.78 bits per heavy atom. The van der Waals surface area contributed by atoms with Crippen LogP contribution in [0.5, 0.6) is 5.88 Å². The smallest absolute Gasteiger partial charge is 0.221 e. The molecule has 1 aliphatic heterocycles. The monoisotopic (exact) mass is 251 g/mol. The molecule has 2 heterocycles. The van der Waals surface area contributed by atoms with E-state index in [0.29, 0.717) is 17.8 Å². The highest BCUT2D eigenvalue weighted by Gasteiger charge is 2.21. The van der Waals surface area contributed by atoms with Crippen LogP contribution in [-0.4, -0.2) is 36.3 Å². The number of ether oxygens (including phenoxy) is 2. The van der Waals surface area contributed by atoms with E-state index in [1.165, 1.54) is 6.33 Å². The number of hydrogen-bond acceptors (Lipinski definition) is 5. The van der Waals surface area contributed by atoms with Gasteiger partial charge in [-0.3, -0.25) is 0 Å². The number of nitrogens with one attached hydrogen (secondary N) is 1. The van der Waals surface area contributed by atoms with Crippen LogP contribution in [0.15, 0.2) is 6.33 Å². The van der Waals surface area contributed by atoms with E-state index in [0.717, 1.165) is 37.4 Å². The second-order valence-electron chi connectivity index (χ2n) is 4.74. The normalized spacial score (nSPS) is 18.4. The molecule has 2 rings (SSSR count). The highest BCUT2D eigenvalue weighted by molar-refractivity contribution is 5.48. The lowest BCUT2D eigenvalue weighted by atomic mass is 9.93. The first-order chi connectivity index (χ1) is 8.72. The molecule has 18 heavy (non-hydrogen) atoms. The van der Waals surface area contributed by atoms with E-state index >= 15 is 0 Å². The van der Waals surface area contributed by atoms with Crippen molar-refractivity contribution in [1.82, 2.24) is 9.97 Å². The largest absolute Gasteiger partial charge is 0.481 e. The minimum absolute atomic E-state index is 0.382. The summed E-state index contributed by atoms with van der Waals surface area (Å²) >= 11 is 0. The minimum atomic E-state index is 0.382. The van der Waals surface area contributed by atoms with Crippen LogP contribution in [-0.2, 0) is 4.74 Å². The summed E-state index contributed by atoms with van der Waals surface area (Å²) < 4.78 is 10.6. The third-order valence-corrected chi connectivity index (χ3v) is 3.57. The molecule has 0 bridgehead atoms. The summed E-state index contributed by atoms with van der Waals surface area (Å²) in [6.45, 7) is 5.90. The number of hydrogen-bond donors (Lipinski definition) is 1. The highest BCUT2D eigenvalue weighted by atomic mass is 16.5. The van der Waals surface area contributed by atoms with Gasteiger partial charge in [-0.05, 0) is 32.6 Å². The molecule has 0 radical (unpaired) electrons. The Kier molecular flexibility index (Phi) is 4.36. The fraction of sp³-hybridized carbons (Fsp3) is 0.692. The zero-order valence-electron chi connectivity index (χ0n) is 11.3. The van der Waals surface area contributed by atoms with Gasteiger partial charge in [0.05, 0.1) is 12.7 Å². The van der Waals surface area contributed by atoms with Crippen LogP contribution >= 0.6 is 0 Å². The topological polar surface area (TPSA) is 56.3 Å². The van der Waals surface area contributed by atoms with Gasteiger partial charge in [0.15, 0.2) is 0 Å². The molecular formula is C13H21N3O2. The number of nitrogens with zero attached hydrogens (tertiary/aromatic N) is 2. The van der Waals surface area contributed by atoms with Crippen LogP contribution in [0, 0.1) is 12.8 Å². The summed E-state index contributed by atoms with van der Waals surface area (Å²) in [5, 5.41) is 3.47. The predicted octanol–water partition coefficient (Wildman–Crippen LogP) is 2.02. The Balaban J connectivity index is 2.04. The molecule has 1 saturated heterocycles. The standard InChI is InChI=1S/C13H21N3O2/c1-9-12(14-8-15-13(9)17-3)16-10(2)11-4-6-18-7-5-11/h8,10-11H,4-7H2,1-3H3,(H,14,15,16). The van der Waals surface area contributed by atoms with Crippen molar-refractivity contribution < 1.29 is 9.47 Å². The molecule has 5 heteroatoms. The molecule has 0 aromatic carbocycles. The average molecular weight is 251 g/mol. The molecule has 1 atom stereocenters. The molecule has 5 nitrogen and oxygen atoms in total. The SMILES string of the molecule is COc1ncnc(NC(C)C2CCOCC2)c1C. The summed E-state index contributed by atoms with van der Waals surface area (Å²) in [6, 6.07) is 0.382. The first-order valence-corrected chi connectivity index (χ1v) is 6.42. The van der Waals surface area contributed by atoms with E-state index in [-0.39, 0.29) is 0 Å². The molecule has 0 amide bonds. The van der Waals surface area contributed by atoms with E-state index in [2.05, 4.69) is 22.2 Å². The van der Waals surface area contributed by atoms with Crippen molar-refractivity contribution >= 4 is 5.82 Å². The minimum Gasteiger partial charge on any atom is -0.481 e. The average Bonchev–Trinajstić information content (AvgIpc) is 2.42. The Morgan fingerprint density at radius 2 is 2.11 bits per heavy atom. The maximum absolute atomic E-state index is 5.39. The quantitative estimate of drug-likeness (QED) is 0.887. The molecule has 1 aliphatic rings. The molecule has 0 spiro atoms. The molecule has 1 unspecified atom stereocenters. The molecule has 100 valence electrons. The van der Waals surface area contributed by atoms with Crippen molar-refractivity contribution in [2.24, 2.45) is 5.92 Å². The van der Waals surface area contributed by atoms with Gasteiger partial charge >= 0.3 is 0 Å². The van der Waals surface area contributed by atoms with E-state index in [1.54, 1.807) is 7.11 Å². The van der Waals surface area contributed by atoms with Crippen LogP contribution < -0.4 is 10.1 Å². The predicted molar refractivity (Wildman–Crippen MR) is 69.9 cm³/mol. The van der Waals surface area contributed by atoms with Crippen molar-refractivity contribution in [3.05, 3.63) is 11.9 Å². The summed E-state index contributed by atoms with van der Waals surface area (Å²) in [5.74, 6) is 2.13. The van der Waals surface area contributed by atoms with Crippen molar-refractivity contribution in [3.8, 4) is 5.88 Å². The lowest BCUT2D eigenvalue weighted by Gasteiger charge is -2.29. The molecule has 1 aromatic rings. The van der Waals surface area contributed by atoms with Gasteiger partial charge < -0.3 is 14.8 Å². The van der Waals surface area contributed by atoms with Crippen LogP contribution in [0.1, 0.15) is 25.3 Å². The van der Waals surface area contributed by atoms with Crippen molar-refractivity contribution in [2.75, 3.05) is 25.6 Å². The van der Waals surface area contributed by atoms with Crippen LogP contribution in [0.2, 0.25) is 0 Å². The second kappa shape index (κ2) is 6.00. The van der Waals surface area contributed by atoms with Gasteiger partial charge in [0.1, 0.15) is 12.1 Å². The molecule has 0 aliphatic carbocycles. The van der Waals surface area contributed by atoms with E-state index in [1.807, 2.05) is 6.92 Å². The first-order valence-electron chi connectivity index (χ1n) is 6.42. The molecule has 1 fully saturated rings. The molecule has 1 N–H and O–H groups in total. The van der Waals surface area contributed by atoms with Gasteiger partial charge in [-0.15, -0.1) is 0 Å².